The van der Waals surface area contributed by atoms with Crippen LogP contribution in [0.5, 0.6) is 0 Å². The first-order valence-corrected chi connectivity index (χ1v) is 6.61. The molecule has 0 heterocycles. The first-order chi connectivity index (χ1) is 4.31. The molecule has 3 heteroatoms. The van der Waals surface area contributed by atoms with Crippen LogP contribution in [0.3, 0.4) is 0 Å². The summed E-state index contributed by atoms with van der Waals surface area (Å²) in [6.07, 6.45) is 0. The van der Waals surface area contributed by atoms with Gasteiger partial charge in [-0.25, -0.2) is 5.15 Å². The molecule has 0 unspecified atom stereocenters. The van der Waals surface area contributed by atoms with Gasteiger partial charge >= 0.3 is 0 Å². The van der Waals surface area contributed by atoms with E-state index in [0.29, 0.717) is 5.04 Å². The summed E-state index contributed by atoms with van der Waals surface area (Å²) in [5, 5.41) is 3.45. The van der Waals surface area contributed by atoms with Gasteiger partial charge in [0, 0.05) is 0 Å². The molecule has 0 aromatic rings. The largest absolute Gasteiger partial charge is 0.312 e. The van der Waals surface area contributed by atoms with Gasteiger partial charge in [-0.3, -0.25) is 0 Å². The van der Waals surface area contributed by atoms with Gasteiger partial charge in [0.2, 0.25) is 0 Å². The molecule has 0 bridgehead atoms. The molecule has 0 atom stereocenters. The summed E-state index contributed by atoms with van der Waals surface area (Å²) in [6.45, 7) is 11.2. The first kappa shape index (κ1) is 10.1. The molecule has 1 N–H and O–H groups in total. The summed E-state index contributed by atoms with van der Waals surface area (Å²) < 4.78 is 0. The first-order valence-electron chi connectivity index (χ1n) is 3.61. The third-order valence-corrected chi connectivity index (χ3v) is 6.70. The van der Waals surface area contributed by atoms with Crippen molar-refractivity contribution in [3.63, 3.8) is 0 Å². The van der Waals surface area contributed by atoms with E-state index in [2.05, 4.69) is 39.0 Å². The van der Waals surface area contributed by atoms with Crippen molar-refractivity contribution in [2.75, 3.05) is 7.11 Å². The molecule has 0 aliphatic carbocycles. The average molecular weight is 161 g/mol. The zero-order valence-electron chi connectivity index (χ0n) is 7.91. The summed E-state index contributed by atoms with van der Waals surface area (Å²) in [5.74, 6) is 0. The molecule has 0 saturated carbocycles. The molecule has 0 aliphatic heterocycles. The van der Waals surface area contributed by atoms with Crippen LogP contribution in [0.1, 0.15) is 20.8 Å². The van der Waals surface area contributed by atoms with Crippen LogP contribution in [-0.2, 0) is 4.84 Å². The molecule has 0 aliphatic rings. The van der Waals surface area contributed by atoms with Crippen LogP contribution in [0.15, 0.2) is 0 Å². The third-order valence-electron chi connectivity index (χ3n) is 2.23. The van der Waals surface area contributed by atoms with Crippen molar-refractivity contribution < 1.29 is 4.84 Å². The fourth-order valence-corrected chi connectivity index (χ4v) is 1.22. The Kier molecular flexibility index (Phi) is 3.07. The number of hydrogen-bond acceptors (Lipinski definition) is 2. The second kappa shape index (κ2) is 3.03. The molecule has 62 valence electrons. The Morgan fingerprint density at radius 3 is 1.70 bits per heavy atom. The zero-order chi connectivity index (χ0) is 8.41. The molecule has 2 nitrogen and oxygen atoms in total. The molecule has 0 spiro atoms. The van der Waals surface area contributed by atoms with E-state index >= 15 is 0 Å². The molecular weight excluding hydrogens is 142 g/mol. The van der Waals surface area contributed by atoms with Crippen LogP contribution in [-0.4, -0.2) is 15.3 Å². The Labute approximate surface area is 65.0 Å². The number of nitrogens with one attached hydrogen (secondary N) is 1. The predicted molar refractivity (Wildman–Crippen MR) is 47.3 cm³/mol. The van der Waals surface area contributed by atoms with Crippen LogP contribution < -0.4 is 5.15 Å². The van der Waals surface area contributed by atoms with E-state index in [9.17, 15) is 0 Å². The standard InChI is InChI=1S/C7H19NOSi/c1-7(2,3)10(5,6)8-9-4/h8H,1-6H3. The Hall–Kier alpha value is 0.137. The Bertz CT molecular complexity index is 107. The lowest BCUT2D eigenvalue weighted by Crippen LogP contribution is -2.51. The molecule has 0 amide bonds. The van der Waals surface area contributed by atoms with Gasteiger partial charge in [0.1, 0.15) is 0 Å². The van der Waals surface area contributed by atoms with Gasteiger partial charge in [-0.1, -0.05) is 33.9 Å². The normalized spacial score (nSPS) is 13.8. The summed E-state index contributed by atoms with van der Waals surface area (Å²) in [7, 11) is 0.304. The van der Waals surface area contributed by atoms with Crippen LogP contribution in [0, 0.1) is 0 Å². The molecule has 0 aromatic heterocycles. The lowest BCUT2D eigenvalue weighted by Gasteiger charge is -2.35. The van der Waals surface area contributed by atoms with Crippen molar-refractivity contribution in [3.05, 3.63) is 0 Å². The van der Waals surface area contributed by atoms with Crippen molar-refractivity contribution in [1.29, 1.82) is 0 Å². The molecule has 0 radical (unpaired) electrons. The fourth-order valence-electron chi connectivity index (χ4n) is 0.408. The summed E-state index contributed by atoms with van der Waals surface area (Å²) in [5.41, 5.74) is 0. The summed E-state index contributed by atoms with van der Waals surface area (Å²) in [6, 6.07) is 0. The molecule has 0 rings (SSSR count). The lowest BCUT2D eigenvalue weighted by molar-refractivity contribution is 0.142. The molecular formula is C7H19NOSi. The van der Waals surface area contributed by atoms with Crippen LogP contribution in [0.2, 0.25) is 18.1 Å². The maximum absolute atomic E-state index is 4.94. The van der Waals surface area contributed by atoms with Crippen molar-refractivity contribution >= 4 is 8.24 Å². The second-order valence-electron chi connectivity index (χ2n) is 4.18. The highest BCUT2D eigenvalue weighted by molar-refractivity contribution is 6.77. The minimum absolute atomic E-state index is 0.350. The van der Waals surface area contributed by atoms with Crippen LogP contribution >= 0.6 is 0 Å². The fraction of sp³-hybridized carbons (Fsp3) is 1.00. The van der Waals surface area contributed by atoms with Gasteiger partial charge in [-0.15, -0.1) is 0 Å². The number of hydrogen-bond donors (Lipinski definition) is 1. The van der Waals surface area contributed by atoms with E-state index in [-0.39, 0.29) is 0 Å². The van der Waals surface area contributed by atoms with Crippen molar-refractivity contribution in [1.82, 2.24) is 5.15 Å². The SMILES string of the molecule is CON[Si](C)(C)C(C)(C)C. The second-order valence-corrected chi connectivity index (χ2v) is 9.14. The Morgan fingerprint density at radius 2 is 1.60 bits per heavy atom. The quantitative estimate of drug-likeness (QED) is 0.495. The Morgan fingerprint density at radius 1 is 1.20 bits per heavy atom. The maximum atomic E-state index is 4.94. The van der Waals surface area contributed by atoms with E-state index in [1.54, 1.807) is 7.11 Å². The van der Waals surface area contributed by atoms with Gasteiger partial charge in [0.15, 0.2) is 8.24 Å². The number of rotatable bonds is 2. The third kappa shape index (κ3) is 2.40. The molecule has 10 heavy (non-hydrogen) atoms. The van der Waals surface area contributed by atoms with Gasteiger partial charge in [-0.2, -0.15) is 0 Å². The van der Waals surface area contributed by atoms with Gasteiger partial charge in [-0.05, 0) is 5.04 Å². The van der Waals surface area contributed by atoms with E-state index in [0.717, 1.165) is 0 Å². The van der Waals surface area contributed by atoms with E-state index in [1.165, 1.54) is 0 Å². The average Bonchev–Trinajstić information content (AvgIpc) is 1.61. The van der Waals surface area contributed by atoms with Crippen molar-refractivity contribution in [2.45, 2.75) is 38.9 Å². The van der Waals surface area contributed by atoms with Gasteiger partial charge in [0.05, 0.1) is 7.11 Å². The summed E-state index contributed by atoms with van der Waals surface area (Å²) in [4.78, 5) is 4.94. The van der Waals surface area contributed by atoms with Gasteiger partial charge in [0.25, 0.3) is 0 Å². The van der Waals surface area contributed by atoms with Gasteiger partial charge < -0.3 is 4.84 Å². The minimum atomic E-state index is -1.38. The molecule has 0 aromatic carbocycles. The Balaban J connectivity index is 4.10. The van der Waals surface area contributed by atoms with Crippen molar-refractivity contribution in [3.8, 4) is 0 Å². The topological polar surface area (TPSA) is 21.3 Å². The minimum Gasteiger partial charge on any atom is -0.312 e. The highest BCUT2D eigenvalue weighted by Crippen LogP contribution is 2.33. The highest BCUT2D eigenvalue weighted by Gasteiger charge is 2.35. The predicted octanol–water partition coefficient (Wildman–Crippen LogP) is 2.14. The van der Waals surface area contributed by atoms with Crippen molar-refractivity contribution in [2.24, 2.45) is 0 Å². The summed E-state index contributed by atoms with van der Waals surface area (Å²) >= 11 is 0. The smallest absolute Gasteiger partial charge is 0.155 e. The monoisotopic (exact) mass is 161 g/mol. The molecule has 0 fully saturated rings. The van der Waals surface area contributed by atoms with E-state index in [1.807, 2.05) is 0 Å². The highest BCUT2D eigenvalue weighted by atomic mass is 28.3. The zero-order valence-corrected chi connectivity index (χ0v) is 8.91. The van der Waals surface area contributed by atoms with E-state index in [4.69, 9.17) is 4.84 Å². The van der Waals surface area contributed by atoms with Crippen LogP contribution in [0.4, 0.5) is 0 Å². The molecule has 0 saturated heterocycles. The van der Waals surface area contributed by atoms with E-state index < -0.39 is 8.24 Å². The lowest BCUT2D eigenvalue weighted by atomic mass is 10.2. The maximum Gasteiger partial charge on any atom is 0.155 e. The van der Waals surface area contributed by atoms with Crippen LogP contribution in [0.25, 0.3) is 0 Å².